The highest BCUT2D eigenvalue weighted by Gasteiger charge is 2.45. The Morgan fingerprint density at radius 3 is 2.41 bits per heavy atom. The van der Waals surface area contributed by atoms with Gasteiger partial charge < -0.3 is 15.5 Å². The fourth-order valence-corrected chi connectivity index (χ4v) is 3.15. The molecule has 1 fully saturated rings. The SMILES string of the molecule is CCNC(=NCC1(c2ccccc2F)CC1)NCCC(=O)N(CC)CC.I. The van der Waals surface area contributed by atoms with Gasteiger partial charge in [-0.05, 0) is 45.2 Å². The predicted molar refractivity (Wildman–Crippen MR) is 119 cm³/mol. The number of hydrogen-bond donors (Lipinski definition) is 2. The molecule has 1 aliphatic carbocycles. The molecule has 0 spiro atoms. The molecule has 5 nitrogen and oxygen atoms in total. The first kappa shape index (κ1) is 23.7. The minimum absolute atomic E-state index is 0. The highest BCUT2D eigenvalue weighted by atomic mass is 127. The Bertz CT molecular complexity index is 630. The number of guanidine groups is 1. The van der Waals surface area contributed by atoms with Gasteiger partial charge in [-0.2, -0.15) is 0 Å². The van der Waals surface area contributed by atoms with Crippen molar-refractivity contribution in [3.05, 3.63) is 35.6 Å². The van der Waals surface area contributed by atoms with Gasteiger partial charge in [0.15, 0.2) is 5.96 Å². The van der Waals surface area contributed by atoms with Gasteiger partial charge in [-0.1, -0.05) is 18.2 Å². The molecule has 0 atom stereocenters. The highest BCUT2D eigenvalue weighted by molar-refractivity contribution is 14.0. The van der Waals surface area contributed by atoms with Crippen LogP contribution in [0.3, 0.4) is 0 Å². The van der Waals surface area contributed by atoms with E-state index in [1.54, 1.807) is 6.07 Å². The summed E-state index contributed by atoms with van der Waals surface area (Å²) >= 11 is 0. The number of nitrogens with zero attached hydrogens (tertiary/aromatic N) is 2. The van der Waals surface area contributed by atoms with Gasteiger partial charge in [0.25, 0.3) is 0 Å². The predicted octanol–water partition coefficient (Wildman–Crippen LogP) is 3.29. The second kappa shape index (κ2) is 11.5. The van der Waals surface area contributed by atoms with E-state index in [1.807, 2.05) is 37.8 Å². The van der Waals surface area contributed by atoms with Crippen LogP contribution in [0, 0.1) is 5.82 Å². The molecular formula is C20H32FIN4O. The summed E-state index contributed by atoms with van der Waals surface area (Å²) in [5, 5.41) is 6.42. The Kier molecular flexibility index (Phi) is 10.0. The van der Waals surface area contributed by atoms with Crippen LogP contribution in [0.1, 0.15) is 45.6 Å². The van der Waals surface area contributed by atoms with E-state index in [0.29, 0.717) is 25.5 Å². The Morgan fingerprint density at radius 1 is 1.19 bits per heavy atom. The quantitative estimate of drug-likeness (QED) is 0.318. The van der Waals surface area contributed by atoms with Crippen LogP contribution in [0.4, 0.5) is 4.39 Å². The van der Waals surface area contributed by atoms with E-state index in [4.69, 9.17) is 0 Å². The Hall–Kier alpha value is -1.38. The van der Waals surface area contributed by atoms with Gasteiger partial charge in [0.05, 0.1) is 6.54 Å². The van der Waals surface area contributed by atoms with Crippen LogP contribution in [0.15, 0.2) is 29.3 Å². The lowest BCUT2D eigenvalue weighted by Crippen LogP contribution is -2.40. The van der Waals surface area contributed by atoms with Crippen molar-refractivity contribution >= 4 is 35.8 Å². The molecule has 1 aromatic rings. The second-order valence-electron chi connectivity index (χ2n) is 6.70. The molecule has 1 aromatic carbocycles. The van der Waals surface area contributed by atoms with Crippen LogP contribution < -0.4 is 10.6 Å². The molecule has 152 valence electrons. The number of aliphatic imine (C=N–C) groups is 1. The molecule has 2 N–H and O–H groups in total. The lowest BCUT2D eigenvalue weighted by molar-refractivity contribution is -0.130. The molecule has 1 saturated carbocycles. The molecule has 0 heterocycles. The molecule has 1 amide bonds. The monoisotopic (exact) mass is 490 g/mol. The van der Waals surface area contributed by atoms with E-state index >= 15 is 0 Å². The molecular weight excluding hydrogens is 458 g/mol. The van der Waals surface area contributed by atoms with Gasteiger partial charge in [0.1, 0.15) is 5.82 Å². The highest BCUT2D eigenvalue weighted by Crippen LogP contribution is 2.49. The number of hydrogen-bond acceptors (Lipinski definition) is 2. The molecule has 2 rings (SSSR count). The standard InChI is InChI=1S/C20H31FN4O.HI/c1-4-22-19(23-14-11-18(26)25(5-2)6-3)24-15-20(12-13-20)16-9-7-8-10-17(16)21;/h7-10H,4-6,11-15H2,1-3H3,(H2,22,23,24);1H. The fraction of sp³-hybridized carbons (Fsp3) is 0.600. The van der Waals surface area contributed by atoms with Crippen LogP contribution >= 0.6 is 24.0 Å². The maximum atomic E-state index is 14.1. The minimum atomic E-state index is -0.176. The third-order valence-electron chi connectivity index (χ3n) is 4.93. The minimum Gasteiger partial charge on any atom is -0.357 e. The number of halogens is 2. The van der Waals surface area contributed by atoms with Crippen LogP contribution in [0.2, 0.25) is 0 Å². The number of benzene rings is 1. The Labute approximate surface area is 179 Å². The summed E-state index contributed by atoms with van der Waals surface area (Å²) in [6, 6.07) is 6.98. The van der Waals surface area contributed by atoms with Crippen molar-refractivity contribution in [3.8, 4) is 0 Å². The summed E-state index contributed by atoms with van der Waals surface area (Å²) in [6.07, 6.45) is 2.35. The van der Waals surface area contributed by atoms with Crippen molar-refractivity contribution in [1.29, 1.82) is 0 Å². The lowest BCUT2D eigenvalue weighted by Gasteiger charge is -2.19. The fourth-order valence-electron chi connectivity index (χ4n) is 3.15. The summed E-state index contributed by atoms with van der Waals surface area (Å²) in [6.45, 7) is 9.26. The number of amides is 1. The number of nitrogens with one attached hydrogen (secondary N) is 2. The topological polar surface area (TPSA) is 56.7 Å². The van der Waals surface area contributed by atoms with Crippen molar-refractivity contribution < 1.29 is 9.18 Å². The van der Waals surface area contributed by atoms with Gasteiger partial charge in [-0.15, -0.1) is 24.0 Å². The van der Waals surface area contributed by atoms with Crippen LogP contribution in [-0.4, -0.2) is 49.5 Å². The first-order chi connectivity index (χ1) is 12.6. The molecule has 7 heteroatoms. The molecule has 0 unspecified atom stereocenters. The van der Waals surface area contributed by atoms with Crippen LogP contribution in [0.25, 0.3) is 0 Å². The first-order valence-corrected chi connectivity index (χ1v) is 9.61. The largest absolute Gasteiger partial charge is 0.357 e. The van der Waals surface area contributed by atoms with E-state index < -0.39 is 0 Å². The molecule has 0 saturated heterocycles. The Morgan fingerprint density at radius 2 is 1.85 bits per heavy atom. The van der Waals surface area contributed by atoms with E-state index in [1.165, 1.54) is 6.07 Å². The summed E-state index contributed by atoms with van der Waals surface area (Å²) in [5.74, 6) is 0.675. The smallest absolute Gasteiger partial charge is 0.224 e. The summed E-state index contributed by atoms with van der Waals surface area (Å²) in [4.78, 5) is 18.6. The van der Waals surface area contributed by atoms with Gasteiger partial charge >= 0.3 is 0 Å². The van der Waals surface area contributed by atoms with Crippen LogP contribution in [0.5, 0.6) is 0 Å². The summed E-state index contributed by atoms with van der Waals surface area (Å²) in [7, 11) is 0. The molecule has 0 radical (unpaired) electrons. The molecule has 27 heavy (non-hydrogen) atoms. The van der Waals surface area contributed by atoms with E-state index in [9.17, 15) is 9.18 Å². The number of carbonyl (C=O) groups excluding carboxylic acids is 1. The van der Waals surface area contributed by atoms with E-state index in [2.05, 4.69) is 15.6 Å². The Balaban J connectivity index is 0.00000364. The zero-order chi connectivity index (χ0) is 19.0. The molecule has 0 aromatic heterocycles. The lowest BCUT2D eigenvalue weighted by atomic mass is 9.95. The van der Waals surface area contributed by atoms with Gasteiger partial charge in [-0.25, -0.2) is 4.39 Å². The van der Waals surface area contributed by atoms with Crippen molar-refractivity contribution in [1.82, 2.24) is 15.5 Å². The van der Waals surface area contributed by atoms with Crippen LogP contribution in [-0.2, 0) is 10.2 Å². The third kappa shape index (κ3) is 6.62. The van der Waals surface area contributed by atoms with Gasteiger partial charge in [-0.3, -0.25) is 9.79 Å². The molecule has 1 aliphatic rings. The van der Waals surface area contributed by atoms with Crippen molar-refractivity contribution in [2.75, 3.05) is 32.7 Å². The summed E-state index contributed by atoms with van der Waals surface area (Å²) < 4.78 is 14.1. The van der Waals surface area contributed by atoms with Crippen molar-refractivity contribution in [2.24, 2.45) is 4.99 Å². The molecule has 0 bridgehead atoms. The maximum absolute atomic E-state index is 14.1. The zero-order valence-corrected chi connectivity index (χ0v) is 18.9. The van der Waals surface area contributed by atoms with E-state index in [0.717, 1.165) is 38.0 Å². The van der Waals surface area contributed by atoms with Crippen molar-refractivity contribution in [3.63, 3.8) is 0 Å². The number of carbonyl (C=O) groups is 1. The van der Waals surface area contributed by atoms with Crippen molar-refractivity contribution in [2.45, 2.75) is 45.4 Å². The average Bonchev–Trinajstić information content (AvgIpc) is 3.42. The number of rotatable bonds is 9. The van der Waals surface area contributed by atoms with Gasteiger partial charge in [0, 0.05) is 38.0 Å². The zero-order valence-electron chi connectivity index (χ0n) is 16.6. The summed E-state index contributed by atoms with van der Waals surface area (Å²) in [5.41, 5.74) is 0.585. The maximum Gasteiger partial charge on any atom is 0.224 e. The van der Waals surface area contributed by atoms with E-state index in [-0.39, 0.29) is 41.1 Å². The normalized spacial score (nSPS) is 14.9. The second-order valence-corrected chi connectivity index (χ2v) is 6.70. The molecule has 0 aliphatic heterocycles. The third-order valence-corrected chi connectivity index (χ3v) is 4.93. The van der Waals surface area contributed by atoms with Gasteiger partial charge in [0.2, 0.25) is 5.91 Å². The average molecular weight is 490 g/mol. The first-order valence-electron chi connectivity index (χ1n) is 9.61.